The fourth-order valence-electron chi connectivity index (χ4n) is 4.77. The molecule has 4 heterocycles. The Morgan fingerprint density at radius 1 is 1.06 bits per heavy atom. The molecule has 2 aliphatic rings. The molecule has 0 amide bonds. The molecular weight excluding hydrogens is 450 g/mol. The van der Waals surface area contributed by atoms with E-state index in [1.165, 1.54) is 34.2 Å². The number of nitrogens with zero attached hydrogens (tertiary/aromatic N) is 5. The van der Waals surface area contributed by atoms with Crippen LogP contribution in [0.3, 0.4) is 0 Å². The molecule has 2 aromatic carbocycles. The quantitative estimate of drug-likeness (QED) is 0.465. The first kappa shape index (κ1) is 21.8. The van der Waals surface area contributed by atoms with Gasteiger partial charge in [-0.05, 0) is 29.7 Å². The maximum absolute atomic E-state index is 14.5. The van der Waals surface area contributed by atoms with E-state index < -0.39 is 11.6 Å². The van der Waals surface area contributed by atoms with Gasteiger partial charge in [0.25, 0.3) is 0 Å². The Kier molecular flexibility index (Phi) is 5.71. The summed E-state index contributed by atoms with van der Waals surface area (Å²) >= 11 is 0. The van der Waals surface area contributed by atoms with E-state index in [1.54, 1.807) is 6.20 Å². The molecule has 9 heteroatoms. The van der Waals surface area contributed by atoms with E-state index >= 15 is 0 Å². The number of hydrogen-bond acceptors (Lipinski definition) is 5. The molecular formula is C26H24F2N6O. The van der Waals surface area contributed by atoms with E-state index in [1.807, 2.05) is 6.21 Å². The van der Waals surface area contributed by atoms with Crippen molar-refractivity contribution in [2.75, 3.05) is 26.3 Å². The third-order valence-corrected chi connectivity index (χ3v) is 6.67. The van der Waals surface area contributed by atoms with Gasteiger partial charge in [0.1, 0.15) is 12.1 Å². The molecule has 35 heavy (non-hydrogen) atoms. The Balaban J connectivity index is 1.25. The smallest absolute Gasteiger partial charge is 0.182 e. The minimum atomic E-state index is -0.939. The largest absolute Gasteiger partial charge is 0.379 e. The van der Waals surface area contributed by atoms with E-state index in [0.29, 0.717) is 12.2 Å². The first-order valence-corrected chi connectivity index (χ1v) is 11.7. The average Bonchev–Trinajstić information content (AvgIpc) is 3.53. The number of hydrogen-bond donors (Lipinski definition) is 1. The van der Waals surface area contributed by atoms with E-state index in [4.69, 9.17) is 4.74 Å². The molecule has 1 saturated heterocycles. The predicted octanol–water partition coefficient (Wildman–Crippen LogP) is 4.42. The fraction of sp³-hybridized carbons (Fsp3) is 0.269. The van der Waals surface area contributed by atoms with Crippen LogP contribution in [0, 0.1) is 11.6 Å². The predicted molar refractivity (Wildman–Crippen MR) is 128 cm³/mol. The summed E-state index contributed by atoms with van der Waals surface area (Å²) in [5.74, 6) is -0.582. The van der Waals surface area contributed by atoms with Crippen molar-refractivity contribution in [2.24, 2.45) is 4.99 Å². The van der Waals surface area contributed by atoms with Gasteiger partial charge in [0.05, 0.1) is 18.9 Å². The van der Waals surface area contributed by atoms with E-state index in [9.17, 15) is 8.78 Å². The lowest BCUT2D eigenvalue weighted by molar-refractivity contribution is 0.0342. The van der Waals surface area contributed by atoms with E-state index in [2.05, 4.69) is 49.3 Å². The number of benzene rings is 2. The molecule has 0 bridgehead atoms. The second-order valence-corrected chi connectivity index (χ2v) is 8.85. The molecule has 4 aromatic rings. The van der Waals surface area contributed by atoms with E-state index in [0.717, 1.165) is 55.9 Å². The molecule has 1 N–H and O–H groups in total. The molecule has 2 aromatic heterocycles. The van der Waals surface area contributed by atoms with Gasteiger partial charge in [-0.3, -0.25) is 9.47 Å². The van der Waals surface area contributed by atoms with Crippen molar-refractivity contribution in [1.82, 2.24) is 24.6 Å². The minimum Gasteiger partial charge on any atom is -0.379 e. The zero-order valence-corrected chi connectivity index (χ0v) is 19.0. The van der Waals surface area contributed by atoms with Crippen LogP contribution in [0.5, 0.6) is 0 Å². The lowest BCUT2D eigenvalue weighted by atomic mass is 9.90. The highest BCUT2D eigenvalue weighted by Gasteiger charge is 2.25. The summed E-state index contributed by atoms with van der Waals surface area (Å²) in [6.07, 6.45) is 5.85. The van der Waals surface area contributed by atoms with Gasteiger partial charge in [-0.1, -0.05) is 30.3 Å². The van der Waals surface area contributed by atoms with Crippen LogP contribution < -0.4 is 0 Å². The number of aliphatic imine (C=N–C) groups is 1. The summed E-state index contributed by atoms with van der Waals surface area (Å²) in [4.78, 5) is 10.2. The van der Waals surface area contributed by atoms with Crippen molar-refractivity contribution in [2.45, 2.75) is 18.9 Å². The van der Waals surface area contributed by atoms with Gasteiger partial charge in [0.15, 0.2) is 17.5 Å². The number of nitrogens with one attached hydrogen (secondary N) is 1. The van der Waals surface area contributed by atoms with Gasteiger partial charge in [-0.25, -0.2) is 13.8 Å². The molecule has 2 aliphatic heterocycles. The molecule has 0 spiro atoms. The van der Waals surface area contributed by atoms with Crippen LogP contribution in [0.1, 0.15) is 22.6 Å². The highest BCUT2D eigenvalue weighted by atomic mass is 19.2. The molecule has 0 aliphatic carbocycles. The van der Waals surface area contributed by atoms with Crippen molar-refractivity contribution in [1.29, 1.82) is 0 Å². The lowest BCUT2D eigenvalue weighted by Crippen LogP contribution is -2.35. The van der Waals surface area contributed by atoms with Crippen molar-refractivity contribution in [3.05, 3.63) is 83.3 Å². The number of aromatic nitrogens is 4. The van der Waals surface area contributed by atoms with E-state index in [-0.39, 0.29) is 11.6 Å². The maximum atomic E-state index is 14.5. The van der Waals surface area contributed by atoms with Gasteiger partial charge in [0, 0.05) is 49.1 Å². The van der Waals surface area contributed by atoms with Crippen LogP contribution in [0.25, 0.3) is 17.1 Å². The summed E-state index contributed by atoms with van der Waals surface area (Å²) < 4.78 is 35.3. The van der Waals surface area contributed by atoms with Gasteiger partial charge < -0.3 is 9.72 Å². The zero-order chi connectivity index (χ0) is 23.8. The first-order valence-electron chi connectivity index (χ1n) is 11.7. The Labute approximate surface area is 201 Å². The van der Waals surface area contributed by atoms with Gasteiger partial charge in [-0.15, -0.1) is 10.2 Å². The summed E-state index contributed by atoms with van der Waals surface area (Å²) in [7, 11) is 0. The Morgan fingerprint density at radius 2 is 1.89 bits per heavy atom. The molecule has 1 atom stereocenters. The number of aromatic amines is 1. The second-order valence-electron chi connectivity index (χ2n) is 8.85. The number of H-pyrrole nitrogens is 1. The minimum absolute atomic E-state index is 0.0617. The number of ether oxygens (including phenoxy) is 1. The first-order chi connectivity index (χ1) is 17.2. The fourth-order valence-corrected chi connectivity index (χ4v) is 4.77. The van der Waals surface area contributed by atoms with Crippen LogP contribution >= 0.6 is 0 Å². The topological polar surface area (TPSA) is 71.3 Å². The number of rotatable bonds is 5. The van der Waals surface area contributed by atoms with Crippen molar-refractivity contribution in [3.63, 3.8) is 0 Å². The Morgan fingerprint density at radius 3 is 2.71 bits per heavy atom. The van der Waals surface area contributed by atoms with Crippen LogP contribution in [0.15, 0.2) is 60.0 Å². The Hall–Kier alpha value is -3.69. The molecule has 1 unspecified atom stereocenters. The summed E-state index contributed by atoms with van der Waals surface area (Å²) in [6.45, 7) is 4.41. The highest BCUT2D eigenvalue weighted by molar-refractivity contribution is 5.79. The SMILES string of the molecule is Fc1cccc(-n2cnnc2-c2c[nH]c3c2CC(c2ccc(CN4CCOCC4)cc2)C=N3)c1F. The third kappa shape index (κ3) is 4.17. The van der Waals surface area contributed by atoms with Crippen molar-refractivity contribution < 1.29 is 13.5 Å². The summed E-state index contributed by atoms with van der Waals surface area (Å²) in [5.41, 5.74) is 4.26. The van der Waals surface area contributed by atoms with Crippen LogP contribution in [-0.4, -0.2) is 57.2 Å². The number of halogens is 2. The van der Waals surface area contributed by atoms with Crippen molar-refractivity contribution in [3.8, 4) is 17.1 Å². The zero-order valence-electron chi connectivity index (χ0n) is 19.0. The van der Waals surface area contributed by atoms with Crippen molar-refractivity contribution >= 4 is 12.0 Å². The number of morpholine rings is 1. The monoisotopic (exact) mass is 474 g/mol. The third-order valence-electron chi connectivity index (χ3n) is 6.67. The van der Waals surface area contributed by atoms with Gasteiger partial charge in [-0.2, -0.15) is 0 Å². The van der Waals surface area contributed by atoms with Crippen LogP contribution in [0.2, 0.25) is 0 Å². The van der Waals surface area contributed by atoms with Crippen LogP contribution in [0.4, 0.5) is 14.6 Å². The Bertz CT molecular complexity index is 1370. The molecule has 7 nitrogen and oxygen atoms in total. The summed E-state index contributed by atoms with van der Waals surface area (Å²) in [5, 5.41) is 8.19. The molecule has 6 rings (SSSR count). The average molecular weight is 475 g/mol. The molecule has 0 saturated carbocycles. The van der Waals surface area contributed by atoms with Gasteiger partial charge in [0.2, 0.25) is 0 Å². The van der Waals surface area contributed by atoms with Gasteiger partial charge >= 0.3 is 0 Å². The molecule has 178 valence electrons. The summed E-state index contributed by atoms with van der Waals surface area (Å²) in [6, 6.07) is 12.7. The standard InChI is InChI=1S/C26H24F2N6O/c27-22-2-1-3-23(24(22)28)34-16-31-32-26(34)21-14-30-25-20(21)12-19(13-29-25)18-6-4-17(5-7-18)15-33-8-10-35-11-9-33/h1-7,13-14,16,19,30H,8-12,15H2. The number of fused-ring (bicyclic) bond motifs is 1. The van der Waals surface area contributed by atoms with Crippen LogP contribution in [-0.2, 0) is 17.7 Å². The normalized spacial score (nSPS) is 18.1. The maximum Gasteiger partial charge on any atom is 0.182 e. The second kappa shape index (κ2) is 9.16. The highest BCUT2D eigenvalue weighted by Crippen LogP contribution is 2.37. The lowest BCUT2D eigenvalue weighted by Gasteiger charge is -2.26. The molecule has 0 radical (unpaired) electrons. The molecule has 1 fully saturated rings.